The highest BCUT2D eigenvalue weighted by molar-refractivity contribution is 5.49. The Kier molecular flexibility index (Phi) is 5.18. The largest absolute Gasteiger partial charge is 0.378 e. The minimum atomic E-state index is -0.0587. The fourth-order valence-corrected chi connectivity index (χ4v) is 4.06. The first-order valence-corrected chi connectivity index (χ1v) is 10.4. The summed E-state index contributed by atoms with van der Waals surface area (Å²) in [5, 5.41) is 3.55. The number of anilines is 3. The van der Waals surface area contributed by atoms with Crippen LogP contribution in [0.25, 0.3) is 5.65 Å². The maximum atomic E-state index is 12.5. The zero-order chi connectivity index (χ0) is 20.3. The first kappa shape index (κ1) is 18.8. The van der Waals surface area contributed by atoms with Crippen LogP contribution in [0, 0.1) is 0 Å². The Labute approximate surface area is 174 Å². The first-order chi connectivity index (χ1) is 14.8. The van der Waals surface area contributed by atoms with E-state index >= 15 is 0 Å². The molecule has 2 saturated heterocycles. The second-order valence-corrected chi connectivity index (χ2v) is 7.65. The summed E-state index contributed by atoms with van der Waals surface area (Å²) in [5.41, 5.74) is 0.609. The molecule has 0 aromatic carbocycles. The molecule has 5 rings (SSSR count). The molecule has 1 unspecified atom stereocenters. The number of nitrogens with zero attached hydrogens (tertiary/aromatic N) is 6. The van der Waals surface area contributed by atoms with Gasteiger partial charge < -0.3 is 19.9 Å². The number of ether oxygens (including phenoxy) is 1. The normalized spacial score (nSPS) is 19.8. The van der Waals surface area contributed by atoms with Crippen molar-refractivity contribution in [2.45, 2.75) is 18.9 Å². The van der Waals surface area contributed by atoms with Gasteiger partial charge >= 0.3 is 0 Å². The van der Waals surface area contributed by atoms with Crippen molar-refractivity contribution in [1.82, 2.24) is 19.4 Å². The van der Waals surface area contributed by atoms with Gasteiger partial charge in [-0.05, 0) is 31.0 Å². The molecule has 9 heteroatoms. The van der Waals surface area contributed by atoms with Crippen molar-refractivity contribution in [2.24, 2.45) is 0 Å². The lowest BCUT2D eigenvalue weighted by atomic mass is 10.1. The van der Waals surface area contributed by atoms with Gasteiger partial charge in [-0.2, -0.15) is 4.98 Å². The van der Waals surface area contributed by atoms with E-state index < -0.39 is 0 Å². The van der Waals surface area contributed by atoms with Crippen LogP contribution in [-0.2, 0) is 4.74 Å². The molecule has 0 bridgehead atoms. The highest BCUT2D eigenvalue weighted by Crippen LogP contribution is 2.20. The fourth-order valence-electron chi connectivity index (χ4n) is 4.06. The van der Waals surface area contributed by atoms with Crippen molar-refractivity contribution in [2.75, 3.05) is 54.5 Å². The van der Waals surface area contributed by atoms with Gasteiger partial charge in [0.15, 0.2) is 0 Å². The Morgan fingerprint density at radius 2 is 1.97 bits per heavy atom. The van der Waals surface area contributed by atoms with E-state index in [-0.39, 0.29) is 11.6 Å². The van der Waals surface area contributed by atoms with Gasteiger partial charge in [-0.3, -0.25) is 9.20 Å². The van der Waals surface area contributed by atoms with Crippen molar-refractivity contribution < 1.29 is 4.74 Å². The Balaban J connectivity index is 1.31. The van der Waals surface area contributed by atoms with Crippen molar-refractivity contribution >= 4 is 23.2 Å². The fraction of sp³-hybridized carbons (Fsp3) is 0.429. The van der Waals surface area contributed by atoms with E-state index in [1.165, 1.54) is 0 Å². The van der Waals surface area contributed by atoms with Crippen LogP contribution >= 0.6 is 0 Å². The smallest absolute Gasteiger partial charge is 0.259 e. The molecule has 156 valence electrons. The van der Waals surface area contributed by atoms with E-state index in [2.05, 4.69) is 20.1 Å². The van der Waals surface area contributed by atoms with Gasteiger partial charge in [-0.15, -0.1) is 0 Å². The van der Waals surface area contributed by atoms with Gasteiger partial charge in [0.25, 0.3) is 5.56 Å². The quantitative estimate of drug-likeness (QED) is 0.695. The van der Waals surface area contributed by atoms with E-state index in [9.17, 15) is 4.79 Å². The Hall–Kier alpha value is -3.20. The number of piperidine rings is 1. The van der Waals surface area contributed by atoms with Gasteiger partial charge in [0.1, 0.15) is 17.3 Å². The van der Waals surface area contributed by atoms with Crippen LogP contribution in [0.1, 0.15) is 12.8 Å². The summed E-state index contributed by atoms with van der Waals surface area (Å²) in [6.45, 7) is 4.69. The first-order valence-electron chi connectivity index (χ1n) is 10.4. The summed E-state index contributed by atoms with van der Waals surface area (Å²) in [4.78, 5) is 30.6. The maximum Gasteiger partial charge on any atom is 0.259 e. The number of hydrogen-bond acceptors (Lipinski definition) is 8. The van der Waals surface area contributed by atoms with Gasteiger partial charge in [0.05, 0.1) is 13.2 Å². The number of aromatic nitrogens is 4. The van der Waals surface area contributed by atoms with Crippen LogP contribution in [0.3, 0.4) is 0 Å². The molecule has 0 spiro atoms. The van der Waals surface area contributed by atoms with E-state index in [1.54, 1.807) is 22.9 Å². The van der Waals surface area contributed by atoms with Crippen LogP contribution in [-0.4, -0.2) is 64.8 Å². The highest BCUT2D eigenvalue weighted by Gasteiger charge is 2.22. The molecular weight excluding hydrogens is 382 g/mol. The number of rotatable bonds is 4. The van der Waals surface area contributed by atoms with E-state index in [0.29, 0.717) is 18.9 Å². The number of pyridine rings is 1. The highest BCUT2D eigenvalue weighted by atomic mass is 16.5. The molecule has 2 aliphatic rings. The lowest BCUT2D eigenvalue weighted by molar-refractivity contribution is 0.122. The summed E-state index contributed by atoms with van der Waals surface area (Å²) in [6.07, 6.45) is 5.61. The maximum absolute atomic E-state index is 12.5. The molecule has 3 aromatic heterocycles. The van der Waals surface area contributed by atoms with Crippen LogP contribution in [0.4, 0.5) is 17.6 Å². The number of hydrogen-bond donors (Lipinski definition) is 1. The lowest BCUT2D eigenvalue weighted by Crippen LogP contribution is -2.43. The molecule has 0 radical (unpaired) electrons. The third kappa shape index (κ3) is 3.93. The van der Waals surface area contributed by atoms with Crippen LogP contribution in [0.2, 0.25) is 0 Å². The summed E-state index contributed by atoms with van der Waals surface area (Å²) in [7, 11) is 0. The third-order valence-electron chi connectivity index (χ3n) is 5.59. The topological polar surface area (TPSA) is 87.9 Å². The minimum absolute atomic E-state index is 0.0587. The zero-order valence-electron chi connectivity index (χ0n) is 16.8. The molecule has 9 nitrogen and oxygen atoms in total. The molecule has 1 N–H and O–H groups in total. The zero-order valence-corrected chi connectivity index (χ0v) is 16.8. The molecule has 2 aliphatic heterocycles. The second kappa shape index (κ2) is 8.27. The van der Waals surface area contributed by atoms with Crippen molar-refractivity contribution in [1.29, 1.82) is 0 Å². The Bertz CT molecular complexity index is 1080. The molecule has 30 heavy (non-hydrogen) atoms. The predicted molar refractivity (Wildman–Crippen MR) is 115 cm³/mol. The molecule has 0 amide bonds. The summed E-state index contributed by atoms with van der Waals surface area (Å²) in [5.74, 6) is 2.29. The number of morpholine rings is 1. The molecule has 5 heterocycles. The Morgan fingerprint density at radius 3 is 2.87 bits per heavy atom. The van der Waals surface area contributed by atoms with Crippen LogP contribution in [0.15, 0.2) is 47.5 Å². The third-order valence-corrected chi connectivity index (χ3v) is 5.59. The molecule has 0 aliphatic carbocycles. The summed E-state index contributed by atoms with van der Waals surface area (Å²) in [6, 6.07) is 9.34. The Morgan fingerprint density at radius 1 is 1.07 bits per heavy atom. The van der Waals surface area contributed by atoms with Gasteiger partial charge in [0, 0.05) is 50.7 Å². The SMILES string of the molecule is O=c1cc(N2CCCC(Nc3ccnc(N4CCOCC4)n3)C2)nc2ccccn12. The summed E-state index contributed by atoms with van der Waals surface area (Å²) < 4.78 is 6.98. The van der Waals surface area contributed by atoms with Gasteiger partial charge in [-0.25, -0.2) is 9.97 Å². The monoisotopic (exact) mass is 407 g/mol. The van der Waals surface area contributed by atoms with Crippen molar-refractivity contribution in [3.05, 3.63) is 53.1 Å². The number of nitrogens with one attached hydrogen (secondary N) is 1. The molecule has 0 saturated carbocycles. The van der Waals surface area contributed by atoms with E-state index in [1.807, 2.05) is 24.3 Å². The minimum Gasteiger partial charge on any atom is -0.378 e. The van der Waals surface area contributed by atoms with Gasteiger partial charge in [-0.1, -0.05) is 6.07 Å². The molecule has 1 atom stereocenters. The van der Waals surface area contributed by atoms with Crippen LogP contribution < -0.4 is 20.7 Å². The van der Waals surface area contributed by atoms with Gasteiger partial charge in [0.2, 0.25) is 5.95 Å². The van der Waals surface area contributed by atoms with Crippen molar-refractivity contribution in [3.63, 3.8) is 0 Å². The summed E-state index contributed by atoms with van der Waals surface area (Å²) >= 11 is 0. The van der Waals surface area contributed by atoms with E-state index in [4.69, 9.17) is 14.7 Å². The predicted octanol–water partition coefficient (Wildman–Crippen LogP) is 1.40. The molecule has 2 fully saturated rings. The lowest BCUT2D eigenvalue weighted by Gasteiger charge is -2.34. The van der Waals surface area contributed by atoms with Crippen LogP contribution in [0.5, 0.6) is 0 Å². The second-order valence-electron chi connectivity index (χ2n) is 7.65. The number of fused-ring (bicyclic) bond motifs is 1. The van der Waals surface area contributed by atoms with E-state index in [0.717, 1.165) is 56.6 Å². The molecular formula is C21H25N7O2. The average molecular weight is 407 g/mol. The standard InChI is InChI=1S/C21H25N7O2/c29-20-14-19(25-18-5-1-2-9-28(18)20)27-8-3-4-16(15-27)23-17-6-7-22-21(24-17)26-10-12-30-13-11-26/h1-2,5-7,9,14,16H,3-4,8,10-13,15H2,(H,22,23,24). The average Bonchev–Trinajstić information content (AvgIpc) is 2.80. The molecule has 3 aromatic rings. The van der Waals surface area contributed by atoms with Crippen molar-refractivity contribution in [3.8, 4) is 0 Å².